The van der Waals surface area contributed by atoms with Gasteiger partial charge in [-0.2, -0.15) is 0 Å². The van der Waals surface area contributed by atoms with Crippen LogP contribution >= 0.6 is 0 Å². The minimum absolute atomic E-state index is 0.137. The zero-order valence-electron chi connectivity index (χ0n) is 6.35. The van der Waals surface area contributed by atoms with Gasteiger partial charge in [0.1, 0.15) is 0 Å². The van der Waals surface area contributed by atoms with E-state index in [0.29, 0.717) is 6.61 Å². The largest absolute Gasteiger partial charge is 0.380 e. The van der Waals surface area contributed by atoms with Gasteiger partial charge in [0.25, 0.3) is 6.43 Å². The molecular weight excluding hydrogens is 152 g/mol. The summed E-state index contributed by atoms with van der Waals surface area (Å²) in [4.78, 5) is 0. The Morgan fingerprint density at radius 1 is 1.55 bits per heavy atom. The summed E-state index contributed by atoms with van der Waals surface area (Å²) in [6.45, 7) is 1.13. The van der Waals surface area contributed by atoms with E-state index in [4.69, 9.17) is 4.74 Å². The highest BCUT2D eigenvalue weighted by atomic mass is 19.3. The van der Waals surface area contributed by atoms with E-state index in [-0.39, 0.29) is 12.6 Å². The Labute approximate surface area is 64.9 Å². The number of nitrogens with one attached hydrogen (secondary N) is 1. The second-order valence-electron chi connectivity index (χ2n) is 2.71. The van der Waals surface area contributed by atoms with Gasteiger partial charge in [0, 0.05) is 12.6 Å². The van der Waals surface area contributed by atoms with Crippen molar-refractivity contribution in [3.05, 3.63) is 0 Å². The quantitative estimate of drug-likeness (QED) is 0.674. The molecule has 66 valence electrons. The van der Waals surface area contributed by atoms with E-state index in [0.717, 1.165) is 19.4 Å². The Hall–Kier alpha value is -0.220. The van der Waals surface area contributed by atoms with E-state index in [1.165, 1.54) is 0 Å². The molecule has 4 heteroatoms. The SMILES string of the molecule is FC(F)CNC1CCCOC1. The van der Waals surface area contributed by atoms with Crippen molar-refractivity contribution < 1.29 is 13.5 Å². The number of hydrogen-bond donors (Lipinski definition) is 1. The fourth-order valence-corrected chi connectivity index (χ4v) is 1.16. The number of rotatable bonds is 3. The topological polar surface area (TPSA) is 21.3 Å². The molecule has 0 amide bonds. The van der Waals surface area contributed by atoms with E-state index < -0.39 is 6.43 Å². The molecule has 1 atom stereocenters. The van der Waals surface area contributed by atoms with Gasteiger partial charge in [-0.1, -0.05) is 0 Å². The summed E-state index contributed by atoms with van der Waals surface area (Å²) in [5.74, 6) is 0. The molecule has 0 aromatic carbocycles. The zero-order chi connectivity index (χ0) is 8.10. The highest BCUT2D eigenvalue weighted by molar-refractivity contribution is 4.69. The smallest absolute Gasteiger partial charge is 0.250 e. The number of hydrogen-bond acceptors (Lipinski definition) is 2. The third-order valence-electron chi connectivity index (χ3n) is 1.72. The first-order chi connectivity index (χ1) is 5.29. The Balaban J connectivity index is 2.05. The van der Waals surface area contributed by atoms with Crippen LogP contribution in [0.1, 0.15) is 12.8 Å². The normalized spacial score (nSPS) is 25.9. The highest BCUT2D eigenvalue weighted by Gasteiger charge is 2.14. The van der Waals surface area contributed by atoms with E-state index in [2.05, 4.69) is 5.32 Å². The fourth-order valence-electron chi connectivity index (χ4n) is 1.16. The van der Waals surface area contributed by atoms with Crippen LogP contribution in [0.3, 0.4) is 0 Å². The Kier molecular flexibility index (Phi) is 3.72. The summed E-state index contributed by atoms with van der Waals surface area (Å²) in [5.41, 5.74) is 0. The minimum atomic E-state index is -2.25. The maximum atomic E-state index is 11.7. The molecule has 0 radical (unpaired) electrons. The van der Waals surface area contributed by atoms with Crippen LogP contribution in [0, 0.1) is 0 Å². The van der Waals surface area contributed by atoms with E-state index in [1.807, 2.05) is 0 Å². The molecule has 0 bridgehead atoms. The van der Waals surface area contributed by atoms with E-state index in [1.54, 1.807) is 0 Å². The van der Waals surface area contributed by atoms with Crippen LogP contribution in [-0.2, 0) is 4.74 Å². The lowest BCUT2D eigenvalue weighted by molar-refractivity contribution is 0.0606. The average Bonchev–Trinajstić information content (AvgIpc) is 2.03. The monoisotopic (exact) mass is 165 g/mol. The summed E-state index contributed by atoms with van der Waals surface area (Å²) < 4.78 is 28.5. The molecule has 1 aliphatic rings. The molecule has 1 saturated heterocycles. The molecule has 1 unspecified atom stereocenters. The maximum Gasteiger partial charge on any atom is 0.250 e. The van der Waals surface area contributed by atoms with Crippen molar-refractivity contribution in [2.24, 2.45) is 0 Å². The highest BCUT2D eigenvalue weighted by Crippen LogP contribution is 2.05. The summed E-state index contributed by atoms with van der Waals surface area (Å²) in [6, 6.07) is 0.137. The van der Waals surface area contributed by atoms with Crippen molar-refractivity contribution in [3.8, 4) is 0 Å². The lowest BCUT2D eigenvalue weighted by atomic mass is 10.1. The van der Waals surface area contributed by atoms with Gasteiger partial charge in [-0.05, 0) is 12.8 Å². The number of halogens is 2. The van der Waals surface area contributed by atoms with Crippen molar-refractivity contribution in [1.82, 2.24) is 5.32 Å². The zero-order valence-corrected chi connectivity index (χ0v) is 6.35. The van der Waals surface area contributed by atoms with Gasteiger partial charge in [0.15, 0.2) is 0 Å². The summed E-state index contributed by atoms with van der Waals surface area (Å²) >= 11 is 0. The van der Waals surface area contributed by atoms with E-state index >= 15 is 0 Å². The van der Waals surface area contributed by atoms with Crippen LogP contribution in [0.5, 0.6) is 0 Å². The van der Waals surface area contributed by atoms with Gasteiger partial charge in [-0.15, -0.1) is 0 Å². The molecule has 0 saturated carbocycles. The molecule has 0 aromatic rings. The van der Waals surface area contributed by atoms with Gasteiger partial charge < -0.3 is 10.1 Å². The van der Waals surface area contributed by atoms with Gasteiger partial charge >= 0.3 is 0 Å². The van der Waals surface area contributed by atoms with Crippen LogP contribution in [0.25, 0.3) is 0 Å². The lowest BCUT2D eigenvalue weighted by Crippen LogP contribution is -2.39. The standard InChI is InChI=1S/C7H13F2NO/c8-7(9)4-10-6-2-1-3-11-5-6/h6-7,10H,1-5H2. The molecule has 1 heterocycles. The third-order valence-corrected chi connectivity index (χ3v) is 1.72. The predicted molar refractivity (Wildman–Crippen MR) is 37.8 cm³/mol. The molecule has 2 nitrogen and oxygen atoms in total. The molecule has 0 aliphatic carbocycles. The van der Waals surface area contributed by atoms with Gasteiger partial charge in [0.05, 0.1) is 13.2 Å². The van der Waals surface area contributed by atoms with Crippen LogP contribution in [0.4, 0.5) is 8.78 Å². The number of alkyl halides is 2. The third kappa shape index (κ3) is 3.62. The fraction of sp³-hybridized carbons (Fsp3) is 1.00. The first-order valence-corrected chi connectivity index (χ1v) is 3.88. The first kappa shape index (κ1) is 8.87. The average molecular weight is 165 g/mol. The second kappa shape index (κ2) is 4.62. The number of ether oxygens (including phenoxy) is 1. The summed E-state index contributed by atoms with van der Waals surface area (Å²) in [7, 11) is 0. The van der Waals surface area contributed by atoms with Gasteiger partial charge in [0.2, 0.25) is 0 Å². The Bertz CT molecular complexity index is 105. The Morgan fingerprint density at radius 2 is 2.36 bits per heavy atom. The van der Waals surface area contributed by atoms with E-state index in [9.17, 15) is 8.78 Å². The molecule has 11 heavy (non-hydrogen) atoms. The molecule has 1 N–H and O–H groups in total. The molecule has 0 spiro atoms. The van der Waals surface area contributed by atoms with Crippen molar-refractivity contribution in [2.75, 3.05) is 19.8 Å². The second-order valence-corrected chi connectivity index (χ2v) is 2.71. The predicted octanol–water partition coefficient (Wildman–Crippen LogP) is 1.02. The first-order valence-electron chi connectivity index (χ1n) is 3.88. The summed E-state index contributed by atoms with van der Waals surface area (Å²) in [5, 5.41) is 2.75. The van der Waals surface area contributed by atoms with Crippen molar-refractivity contribution >= 4 is 0 Å². The molecule has 0 aromatic heterocycles. The van der Waals surface area contributed by atoms with Crippen molar-refractivity contribution in [1.29, 1.82) is 0 Å². The van der Waals surface area contributed by atoms with Crippen LogP contribution in [-0.4, -0.2) is 32.2 Å². The lowest BCUT2D eigenvalue weighted by Gasteiger charge is -2.22. The molecule has 1 rings (SSSR count). The van der Waals surface area contributed by atoms with Crippen LogP contribution in [0.15, 0.2) is 0 Å². The molecular formula is C7H13F2NO. The maximum absolute atomic E-state index is 11.7. The van der Waals surface area contributed by atoms with Crippen LogP contribution < -0.4 is 5.32 Å². The van der Waals surface area contributed by atoms with Crippen molar-refractivity contribution in [2.45, 2.75) is 25.3 Å². The van der Waals surface area contributed by atoms with Crippen LogP contribution in [0.2, 0.25) is 0 Å². The van der Waals surface area contributed by atoms with Gasteiger partial charge in [-0.3, -0.25) is 0 Å². The van der Waals surface area contributed by atoms with Gasteiger partial charge in [-0.25, -0.2) is 8.78 Å². The molecule has 1 fully saturated rings. The van der Waals surface area contributed by atoms with Crippen molar-refractivity contribution in [3.63, 3.8) is 0 Å². The minimum Gasteiger partial charge on any atom is -0.380 e. The summed E-state index contributed by atoms with van der Waals surface area (Å²) in [6.07, 6.45) is -0.329. The Morgan fingerprint density at radius 3 is 2.91 bits per heavy atom. The molecule has 1 aliphatic heterocycles.